The highest BCUT2D eigenvalue weighted by Crippen LogP contribution is 2.28. The zero-order valence-electron chi connectivity index (χ0n) is 8.05. The highest BCUT2D eigenvalue weighted by molar-refractivity contribution is 14.1. The smallest absolute Gasteiger partial charge is 0.339 e. The Bertz CT molecular complexity index is 396. The molecule has 0 saturated carbocycles. The summed E-state index contributed by atoms with van der Waals surface area (Å²) in [5.74, 6) is -0.794. The molecule has 6 heteroatoms. The number of methoxy groups -OCH3 is 1. The molecule has 0 spiro atoms. The highest BCUT2D eigenvalue weighted by atomic mass is 127. The van der Waals surface area contributed by atoms with Gasteiger partial charge < -0.3 is 4.74 Å². The number of pyridine rings is 1. The van der Waals surface area contributed by atoms with Crippen molar-refractivity contribution in [3.05, 3.63) is 26.6 Å². The molecule has 3 nitrogen and oxygen atoms in total. The van der Waals surface area contributed by atoms with Gasteiger partial charge in [0.15, 0.2) is 0 Å². The van der Waals surface area contributed by atoms with E-state index in [-0.39, 0.29) is 11.1 Å². The molecule has 15 heavy (non-hydrogen) atoms. The summed E-state index contributed by atoms with van der Waals surface area (Å²) in [5, 5.41) is 0. The van der Waals surface area contributed by atoms with E-state index in [1.165, 1.54) is 6.92 Å². The van der Waals surface area contributed by atoms with Crippen molar-refractivity contribution in [3.63, 3.8) is 0 Å². The van der Waals surface area contributed by atoms with Crippen molar-refractivity contribution in [2.24, 2.45) is 0 Å². The first-order chi connectivity index (χ1) is 6.99. The van der Waals surface area contributed by atoms with Gasteiger partial charge >= 0.3 is 5.97 Å². The number of ether oxygens (including phenoxy) is 1. The number of esters is 1. The van der Waals surface area contributed by atoms with Gasteiger partial charge in [-0.1, -0.05) is 0 Å². The standard InChI is InChI=1S/C9H8F2INO2/c1-4-6(7(10)11)5(9(14)15-2)3-13-8(4)12/h3,7H,1-2H3. The second-order valence-electron chi connectivity index (χ2n) is 2.79. The van der Waals surface area contributed by atoms with Crippen LogP contribution in [-0.4, -0.2) is 18.1 Å². The van der Waals surface area contributed by atoms with E-state index in [1.54, 1.807) is 0 Å². The van der Waals surface area contributed by atoms with Crippen molar-refractivity contribution in [2.45, 2.75) is 13.3 Å². The summed E-state index contributed by atoms with van der Waals surface area (Å²) in [6.07, 6.45) is -1.60. The summed E-state index contributed by atoms with van der Waals surface area (Å²) >= 11 is 1.84. The van der Waals surface area contributed by atoms with E-state index in [2.05, 4.69) is 9.72 Å². The van der Waals surface area contributed by atoms with E-state index in [9.17, 15) is 13.6 Å². The quantitative estimate of drug-likeness (QED) is 0.476. The molecule has 1 rings (SSSR count). The predicted molar refractivity (Wildman–Crippen MR) is 58.0 cm³/mol. The number of hydrogen-bond donors (Lipinski definition) is 0. The molecule has 0 aliphatic carbocycles. The Hall–Kier alpha value is -0.790. The number of alkyl halides is 2. The molecule has 1 aromatic rings. The normalized spacial score (nSPS) is 10.5. The fourth-order valence-corrected chi connectivity index (χ4v) is 1.58. The van der Waals surface area contributed by atoms with Crippen LogP contribution in [0.5, 0.6) is 0 Å². The first-order valence-corrected chi connectivity index (χ1v) is 5.08. The van der Waals surface area contributed by atoms with Crippen LogP contribution in [0.25, 0.3) is 0 Å². The predicted octanol–water partition coefficient (Wildman–Crippen LogP) is 2.72. The van der Waals surface area contributed by atoms with Crippen molar-refractivity contribution < 1.29 is 18.3 Å². The van der Waals surface area contributed by atoms with E-state index in [0.717, 1.165) is 13.3 Å². The number of carbonyl (C=O) groups excluding carboxylic acids is 1. The number of halogens is 3. The van der Waals surface area contributed by atoms with E-state index < -0.39 is 12.4 Å². The molecule has 0 atom stereocenters. The SMILES string of the molecule is COC(=O)c1cnc(I)c(C)c1C(F)F. The third-order valence-corrected chi connectivity index (χ3v) is 3.02. The average Bonchev–Trinajstić information content (AvgIpc) is 2.20. The Kier molecular flexibility index (Phi) is 3.95. The second kappa shape index (κ2) is 4.82. The van der Waals surface area contributed by atoms with Crippen LogP contribution in [-0.2, 0) is 4.74 Å². The van der Waals surface area contributed by atoms with Crippen LogP contribution in [0.4, 0.5) is 8.78 Å². The van der Waals surface area contributed by atoms with Gasteiger partial charge in [0.2, 0.25) is 0 Å². The fraction of sp³-hybridized carbons (Fsp3) is 0.333. The van der Waals surface area contributed by atoms with Gasteiger partial charge in [0.25, 0.3) is 6.43 Å². The monoisotopic (exact) mass is 327 g/mol. The Morgan fingerprint density at radius 1 is 1.60 bits per heavy atom. The van der Waals surface area contributed by atoms with Crippen LogP contribution in [0.2, 0.25) is 0 Å². The molecule has 0 N–H and O–H groups in total. The summed E-state index contributed by atoms with van der Waals surface area (Å²) in [5.41, 5.74) is -0.167. The van der Waals surface area contributed by atoms with E-state index in [4.69, 9.17) is 0 Å². The van der Waals surface area contributed by atoms with E-state index in [1.807, 2.05) is 22.6 Å². The largest absolute Gasteiger partial charge is 0.465 e. The first kappa shape index (κ1) is 12.3. The maximum Gasteiger partial charge on any atom is 0.339 e. The van der Waals surface area contributed by atoms with Gasteiger partial charge in [0, 0.05) is 11.8 Å². The zero-order chi connectivity index (χ0) is 11.6. The van der Waals surface area contributed by atoms with Crippen LogP contribution in [0.3, 0.4) is 0 Å². The minimum Gasteiger partial charge on any atom is -0.465 e. The first-order valence-electron chi connectivity index (χ1n) is 4.00. The molecule has 1 heterocycles. The Balaban J connectivity index is 3.40. The summed E-state index contributed by atoms with van der Waals surface area (Å²) in [7, 11) is 1.14. The van der Waals surface area contributed by atoms with E-state index >= 15 is 0 Å². The van der Waals surface area contributed by atoms with Gasteiger partial charge in [-0.15, -0.1) is 0 Å². The second-order valence-corrected chi connectivity index (χ2v) is 3.82. The van der Waals surface area contributed by atoms with Crippen molar-refractivity contribution in [1.29, 1.82) is 0 Å². The number of aromatic nitrogens is 1. The lowest BCUT2D eigenvalue weighted by Gasteiger charge is -2.10. The van der Waals surface area contributed by atoms with Gasteiger partial charge in [-0.2, -0.15) is 0 Å². The maximum atomic E-state index is 12.7. The number of nitrogens with zero attached hydrogens (tertiary/aromatic N) is 1. The minimum atomic E-state index is -2.71. The van der Waals surface area contributed by atoms with E-state index in [0.29, 0.717) is 9.26 Å². The lowest BCUT2D eigenvalue weighted by Crippen LogP contribution is -2.10. The molecule has 0 radical (unpaired) electrons. The third kappa shape index (κ3) is 2.42. The average molecular weight is 327 g/mol. The molecule has 0 aromatic carbocycles. The molecule has 0 aliphatic heterocycles. The summed E-state index contributed by atoms with van der Waals surface area (Å²) in [4.78, 5) is 15.0. The molecule has 1 aromatic heterocycles. The van der Waals surface area contributed by atoms with Crippen molar-refractivity contribution in [1.82, 2.24) is 4.98 Å². The van der Waals surface area contributed by atoms with Gasteiger partial charge in [0.1, 0.15) is 3.70 Å². The number of hydrogen-bond acceptors (Lipinski definition) is 3. The van der Waals surface area contributed by atoms with Gasteiger partial charge in [-0.05, 0) is 35.1 Å². The maximum absolute atomic E-state index is 12.7. The Labute approximate surface area is 99.0 Å². The zero-order valence-corrected chi connectivity index (χ0v) is 10.2. The molecule has 0 unspecified atom stereocenters. The van der Waals surface area contributed by atoms with Gasteiger partial charge in [0.05, 0.1) is 12.7 Å². The van der Waals surface area contributed by atoms with Crippen molar-refractivity contribution in [3.8, 4) is 0 Å². The van der Waals surface area contributed by atoms with Crippen LogP contribution in [0, 0.1) is 10.6 Å². The topological polar surface area (TPSA) is 39.2 Å². The fourth-order valence-electron chi connectivity index (χ4n) is 1.15. The van der Waals surface area contributed by atoms with Crippen molar-refractivity contribution >= 4 is 28.6 Å². The van der Waals surface area contributed by atoms with Crippen LogP contribution in [0.1, 0.15) is 27.9 Å². The third-order valence-electron chi connectivity index (χ3n) is 1.93. The highest BCUT2D eigenvalue weighted by Gasteiger charge is 2.23. The molecular formula is C9H8F2INO2. The van der Waals surface area contributed by atoms with Crippen LogP contribution >= 0.6 is 22.6 Å². The van der Waals surface area contributed by atoms with Gasteiger partial charge in [-0.3, -0.25) is 0 Å². The summed E-state index contributed by atoms with van der Waals surface area (Å²) in [6.45, 7) is 1.50. The summed E-state index contributed by atoms with van der Waals surface area (Å²) < 4.78 is 30.3. The lowest BCUT2D eigenvalue weighted by molar-refractivity contribution is 0.0588. The summed E-state index contributed by atoms with van der Waals surface area (Å²) in [6, 6.07) is 0. The molecule has 0 bridgehead atoms. The molecule has 0 amide bonds. The molecule has 0 fully saturated rings. The minimum absolute atomic E-state index is 0.176. The van der Waals surface area contributed by atoms with Crippen molar-refractivity contribution in [2.75, 3.05) is 7.11 Å². The lowest BCUT2D eigenvalue weighted by atomic mass is 10.1. The Morgan fingerprint density at radius 2 is 2.20 bits per heavy atom. The molecule has 0 aliphatic rings. The number of carbonyl (C=O) groups is 1. The Morgan fingerprint density at radius 3 is 2.67 bits per heavy atom. The van der Waals surface area contributed by atoms with Gasteiger partial charge in [-0.25, -0.2) is 18.6 Å². The van der Waals surface area contributed by atoms with Crippen LogP contribution < -0.4 is 0 Å². The van der Waals surface area contributed by atoms with Crippen LogP contribution in [0.15, 0.2) is 6.20 Å². The molecule has 82 valence electrons. The molecule has 0 saturated heterocycles. The number of rotatable bonds is 2. The molecular weight excluding hydrogens is 319 g/mol.